The van der Waals surface area contributed by atoms with Crippen LogP contribution in [0.15, 0.2) is 59.4 Å². The van der Waals surface area contributed by atoms with Crippen molar-refractivity contribution in [3.05, 3.63) is 71.1 Å². The average Bonchev–Trinajstić information content (AvgIpc) is 3.31. The van der Waals surface area contributed by atoms with Gasteiger partial charge in [-0.2, -0.15) is 5.26 Å². The first-order chi connectivity index (χ1) is 13.7. The molecule has 0 unspecified atom stereocenters. The van der Waals surface area contributed by atoms with Crippen molar-refractivity contribution in [2.75, 3.05) is 0 Å². The van der Waals surface area contributed by atoms with Crippen LogP contribution in [0.1, 0.15) is 11.3 Å². The predicted molar refractivity (Wildman–Crippen MR) is 104 cm³/mol. The van der Waals surface area contributed by atoms with Crippen molar-refractivity contribution in [2.45, 2.75) is 17.5 Å². The molecule has 0 bridgehead atoms. The van der Waals surface area contributed by atoms with Gasteiger partial charge in [-0.15, -0.1) is 16.8 Å². The highest BCUT2D eigenvalue weighted by Crippen LogP contribution is 2.25. The highest BCUT2D eigenvalue weighted by atomic mass is 32.2. The number of fused-ring (bicyclic) bond motifs is 1. The molecule has 4 heterocycles. The van der Waals surface area contributed by atoms with Gasteiger partial charge in [-0.1, -0.05) is 17.8 Å². The van der Waals surface area contributed by atoms with Crippen LogP contribution in [0.5, 0.6) is 0 Å². The molecule has 0 saturated carbocycles. The van der Waals surface area contributed by atoms with Crippen molar-refractivity contribution in [3.63, 3.8) is 0 Å². The fourth-order valence-corrected chi connectivity index (χ4v) is 3.57. The number of pyridine rings is 1. The summed E-state index contributed by atoms with van der Waals surface area (Å²) in [6, 6.07) is 7.19. The first-order valence-electron chi connectivity index (χ1n) is 8.28. The summed E-state index contributed by atoms with van der Waals surface area (Å²) in [6.45, 7) is 4.34. The number of hydrogen-bond acceptors (Lipinski definition) is 7. The molecule has 0 amide bonds. The quantitative estimate of drug-likeness (QED) is 0.395. The highest BCUT2D eigenvalue weighted by Gasteiger charge is 2.15. The van der Waals surface area contributed by atoms with Gasteiger partial charge in [0.2, 0.25) is 0 Å². The SMILES string of the molecule is C=CCn1c(SCc2cc(=O)n3[nH]cc(C#N)c3n2)nnc1-c1ccncc1. The summed E-state index contributed by atoms with van der Waals surface area (Å²) in [5, 5.41) is 21.1. The van der Waals surface area contributed by atoms with Gasteiger partial charge in [-0.05, 0) is 12.1 Å². The lowest BCUT2D eigenvalue weighted by Crippen LogP contribution is -2.15. The fourth-order valence-electron chi connectivity index (χ4n) is 2.73. The van der Waals surface area contributed by atoms with Crippen LogP contribution in [0.2, 0.25) is 0 Å². The van der Waals surface area contributed by atoms with Crippen molar-refractivity contribution in [1.29, 1.82) is 5.26 Å². The second-order valence-corrected chi connectivity index (χ2v) is 6.72. The van der Waals surface area contributed by atoms with Gasteiger partial charge in [-0.25, -0.2) is 9.50 Å². The molecule has 0 spiro atoms. The number of allylic oxidation sites excluding steroid dienone is 1. The maximum atomic E-state index is 12.2. The van der Waals surface area contributed by atoms with Gasteiger partial charge in [-0.3, -0.25) is 19.4 Å². The van der Waals surface area contributed by atoms with Gasteiger partial charge in [0, 0.05) is 42.5 Å². The number of rotatable bonds is 6. The Morgan fingerprint density at radius 1 is 1.32 bits per heavy atom. The molecule has 138 valence electrons. The van der Waals surface area contributed by atoms with Crippen molar-refractivity contribution in [2.24, 2.45) is 0 Å². The Morgan fingerprint density at radius 2 is 2.14 bits per heavy atom. The molecule has 4 rings (SSSR count). The number of nitriles is 1. The molecule has 0 saturated heterocycles. The highest BCUT2D eigenvalue weighted by molar-refractivity contribution is 7.98. The molecule has 0 aromatic carbocycles. The molecule has 0 radical (unpaired) electrons. The van der Waals surface area contributed by atoms with E-state index in [1.807, 2.05) is 22.8 Å². The van der Waals surface area contributed by atoms with E-state index in [1.165, 1.54) is 28.5 Å². The van der Waals surface area contributed by atoms with Crippen LogP contribution >= 0.6 is 11.8 Å². The Kier molecular flexibility index (Phi) is 4.74. The normalized spacial score (nSPS) is 10.8. The Bertz CT molecular complexity index is 1250. The van der Waals surface area contributed by atoms with E-state index in [1.54, 1.807) is 18.5 Å². The molecular formula is C18H14N8OS. The summed E-state index contributed by atoms with van der Waals surface area (Å²) >= 11 is 1.41. The lowest BCUT2D eigenvalue weighted by atomic mass is 10.2. The number of aromatic nitrogens is 7. The van der Waals surface area contributed by atoms with Gasteiger partial charge < -0.3 is 0 Å². The second-order valence-electron chi connectivity index (χ2n) is 5.77. The van der Waals surface area contributed by atoms with Crippen molar-refractivity contribution in [3.8, 4) is 17.5 Å². The summed E-state index contributed by atoms with van der Waals surface area (Å²) in [6.07, 6.45) is 6.63. The summed E-state index contributed by atoms with van der Waals surface area (Å²) in [5.74, 6) is 1.12. The molecule has 0 atom stereocenters. The maximum Gasteiger partial charge on any atom is 0.272 e. The minimum absolute atomic E-state index is 0.271. The Hall–Kier alpha value is -3.71. The number of thioether (sulfide) groups is 1. The zero-order valence-corrected chi connectivity index (χ0v) is 15.4. The largest absolute Gasteiger partial charge is 0.298 e. The third-order valence-corrected chi connectivity index (χ3v) is 4.99. The monoisotopic (exact) mass is 390 g/mol. The van der Waals surface area contributed by atoms with E-state index >= 15 is 0 Å². The molecular weight excluding hydrogens is 376 g/mol. The molecule has 0 aliphatic rings. The molecule has 9 nitrogen and oxygen atoms in total. The zero-order valence-electron chi connectivity index (χ0n) is 14.6. The fraction of sp³-hybridized carbons (Fsp3) is 0.111. The third-order valence-electron chi connectivity index (χ3n) is 3.99. The van der Waals surface area contributed by atoms with Crippen LogP contribution in [-0.2, 0) is 12.3 Å². The molecule has 0 fully saturated rings. The molecule has 0 aliphatic heterocycles. The van der Waals surface area contributed by atoms with Crippen LogP contribution in [0.4, 0.5) is 0 Å². The van der Waals surface area contributed by atoms with Crippen LogP contribution in [0.25, 0.3) is 17.0 Å². The Balaban J connectivity index is 1.64. The summed E-state index contributed by atoms with van der Waals surface area (Å²) in [5.41, 5.74) is 1.83. The van der Waals surface area contributed by atoms with Gasteiger partial charge in [0.15, 0.2) is 16.6 Å². The minimum Gasteiger partial charge on any atom is -0.298 e. The van der Waals surface area contributed by atoms with Crippen molar-refractivity contribution >= 4 is 17.4 Å². The van der Waals surface area contributed by atoms with Crippen LogP contribution in [0.3, 0.4) is 0 Å². The number of nitrogens with zero attached hydrogens (tertiary/aromatic N) is 7. The van der Waals surface area contributed by atoms with Crippen LogP contribution in [-0.4, -0.2) is 34.3 Å². The van der Waals surface area contributed by atoms with Crippen molar-refractivity contribution in [1.82, 2.24) is 34.3 Å². The topological polar surface area (TPSA) is 118 Å². The van der Waals surface area contributed by atoms with E-state index in [0.717, 1.165) is 5.56 Å². The smallest absolute Gasteiger partial charge is 0.272 e. The maximum absolute atomic E-state index is 12.2. The van der Waals surface area contributed by atoms with Gasteiger partial charge in [0.1, 0.15) is 11.6 Å². The molecule has 28 heavy (non-hydrogen) atoms. The average molecular weight is 390 g/mol. The van der Waals surface area contributed by atoms with E-state index < -0.39 is 0 Å². The van der Waals surface area contributed by atoms with E-state index in [0.29, 0.717) is 40.2 Å². The second kappa shape index (κ2) is 7.50. The molecule has 10 heteroatoms. The van der Waals surface area contributed by atoms with Crippen LogP contribution < -0.4 is 5.56 Å². The van der Waals surface area contributed by atoms with Crippen LogP contribution in [0, 0.1) is 11.3 Å². The van der Waals surface area contributed by atoms with Crippen molar-refractivity contribution < 1.29 is 0 Å². The summed E-state index contributed by atoms with van der Waals surface area (Å²) < 4.78 is 3.18. The number of hydrogen-bond donors (Lipinski definition) is 1. The van der Waals surface area contributed by atoms with Gasteiger partial charge in [0.25, 0.3) is 5.56 Å². The summed E-state index contributed by atoms with van der Waals surface area (Å²) in [4.78, 5) is 20.7. The molecule has 4 aromatic heterocycles. The van der Waals surface area contributed by atoms with E-state index in [4.69, 9.17) is 5.26 Å². The number of H-pyrrole nitrogens is 1. The van der Waals surface area contributed by atoms with E-state index in [9.17, 15) is 4.79 Å². The van der Waals surface area contributed by atoms with Gasteiger partial charge >= 0.3 is 0 Å². The van der Waals surface area contributed by atoms with E-state index in [2.05, 4.69) is 31.8 Å². The minimum atomic E-state index is -0.271. The van der Waals surface area contributed by atoms with Gasteiger partial charge in [0.05, 0.1) is 5.69 Å². The predicted octanol–water partition coefficient (Wildman–Crippen LogP) is 2.03. The molecule has 1 N–H and O–H groups in total. The first kappa shape index (κ1) is 17.7. The molecule has 4 aromatic rings. The van der Waals surface area contributed by atoms with E-state index in [-0.39, 0.29) is 5.56 Å². The Morgan fingerprint density at radius 3 is 2.89 bits per heavy atom. The zero-order chi connectivity index (χ0) is 19.5. The number of nitrogens with one attached hydrogen (secondary N) is 1. The number of aromatic amines is 1. The third kappa shape index (κ3) is 3.19. The lowest BCUT2D eigenvalue weighted by Gasteiger charge is -2.07. The Labute approximate surface area is 163 Å². The lowest BCUT2D eigenvalue weighted by molar-refractivity contribution is 0.730. The molecule has 0 aliphatic carbocycles. The standard InChI is InChI=1S/C18H14N8OS/c1-2-7-25-17(12-3-5-20-6-4-12)23-24-18(25)28-11-14-8-15(27)26-16(22-14)13(9-19)10-21-26/h2-6,8,10,21H,1,7,11H2. The first-order valence-corrected chi connectivity index (χ1v) is 9.27. The summed E-state index contributed by atoms with van der Waals surface area (Å²) in [7, 11) is 0.